The van der Waals surface area contributed by atoms with Gasteiger partial charge in [-0.15, -0.1) is 0 Å². The third-order valence-corrected chi connectivity index (χ3v) is 4.92. The van der Waals surface area contributed by atoms with Gasteiger partial charge in [0.1, 0.15) is 11.4 Å². The fourth-order valence-corrected chi connectivity index (χ4v) is 3.31. The van der Waals surface area contributed by atoms with Crippen LogP contribution in [0, 0.1) is 0 Å². The summed E-state index contributed by atoms with van der Waals surface area (Å²) in [7, 11) is 1.60. The van der Waals surface area contributed by atoms with Gasteiger partial charge < -0.3 is 14.6 Å². The summed E-state index contributed by atoms with van der Waals surface area (Å²) in [5.41, 5.74) is 2.48. The molecule has 7 nitrogen and oxygen atoms in total. The lowest BCUT2D eigenvalue weighted by Gasteiger charge is -2.12. The molecule has 2 aromatic rings. The predicted molar refractivity (Wildman–Crippen MR) is 114 cm³/mol. The monoisotopic (exact) mass is 402 g/mol. The van der Waals surface area contributed by atoms with Gasteiger partial charge in [-0.3, -0.25) is 9.59 Å². The molecule has 0 unspecified atom stereocenters. The molecule has 0 aromatic heterocycles. The van der Waals surface area contributed by atoms with Crippen LogP contribution in [0.3, 0.4) is 0 Å². The lowest BCUT2D eigenvalue weighted by Crippen LogP contribution is -2.25. The molecule has 0 fully saturated rings. The summed E-state index contributed by atoms with van der Waals surface area (Å²) in [5, 5.41) is 7.39. The number of benzene rings is 2. The zero-order valence-electron chi connectivity index (χ0n) is 16.8. The van der Waals surface area contributed by atoms with E-state index in [1.54, 1.807) is 19.5 Å². The van der Waals surface area contributed by atoms with Crippen LogP contribution in [0.5, 0.6) is 5.75 Å². The molecule has 2 aliphatic rings. The maximum absolute atomic E-state index is 13.0. The quantitative estimate of drug-likeness (QED) is 0.538. The van der Waals surface area contributed by atoms with Crippen LogP contribution in [0.25, 0.3) is 16.9 Å². The number of hydrogen-bond donors (Lipinski definition) is 1. The fourth-order valence-electron chi connectivity index (χ4n) is 3.31. The molecular weight excluding hydrogens is 380 g/mol. The van der Waals surface area contributed by atoms with Gasteiger partial charge in [0.2, 0.25) is 0 Å². The molecule has 1 amide bonds. The molecule has 30 heavy (non-hydrogen) atoms. The third-order valence-electron chi connectivity index (χ3n) is 4.92. The van der Waals surface area contributed by atoms with Crippen molar-refractivity contribution in [1.82, 2.24) is 19.7 Å². The molecule has 2 heterocycles. The van der Waals surface area contributed by atoms with Gasteiger partial charge in [0, 0.05) is 25.5 Å². The van der Waals surface area contributed by atoms with E-state index < -0.39 is 0 Å². The average molecular weight is 402 g/mol. The van der Waals surface area contributed by atoms with Crippen LogP contribution in [0.2, 0.25) is 0 Å². The van der Waals surface area contributed by atoms with E-state index in [0.717, 1.165) is 11.3 Å². The molecule has 0 aliphatic carbocycles. The van der Waals surface area contributed by atoms with Gasteiger partial charge in [-0.2, -0.15) is 9.78 Å². The van der Waals surface area contributed by atoms with E-state index >= 15 is 0 Å². The normalized spacial score (nSPS) is 10.9. The van der Waals surface area contributed by atoms with Crippen molar-refractivity contribution in [2.45, 2.75) is 20.0 Å². The fraction of sp³-hybridized carbons (Fsp3) is 0.174. The van der Waals surface area contributed by atoms with Crippen LogP contribution in [0.15, 0.2) is 71.8 Å². The highest BCUT2D eigenvalue weighted by atomic mass is 16.5. The number of fused-ring (bicyclic) bond motifs is 1. The van der Waals surface area contributed by atoms with Crippen LogP contribution in [-0.4, -0.2) is 27.4 Å². The van der Waals surface area contributed by atoms with Crippen LogP contribution in [0.4, 0.5) is 0 Å². The van der Waals surface area contributed by atoms with E-state index in [-0.39, 0.29) is 11.5 Å². The first kappa shape index (κ1) is 19.4. The molecule has 0 bridgehead atoms. The third kappa shape index (κ3) is 3.69. The molecule has 1 N–H and O–H groups in total. The lowest BCUT2D eigenvalue weighted by molar-refractivity contribution is 0.0950. The Labute approximate surface area is 173 Å². The number of ether oxygens (including phenoxy) is 1. The number of methoxy groups -OCH3 is 1. The predicted octanol–water partition coefficient (Wildman–Crippen LogP) is 3.10. The number of para-hydroxylation sites is 1. The zero-order valence-corrected chi connectivity index (χ0v) is 16.8. The molecule has 2 aliphatic heterocycles. The van der Waals surface area contributed by atoms with Crippen LogP contribution >= 0.6 is 0 Å². The Morgan fingerprint density at radius 1 is 1.10 bits per heavy atom. The number of carbonyl (C=O) groups excluding carboxylic acids is 1. The van der Waals surface area contributed by atoms with Crippen molar-refractivity contribution in [2.75, 3.05) is 7.11 Å². The van der Waals surface area contributed by atoms with Gasteiger partial charge in [-0.1, -0.05) is 30.3 Å². The van der Waals surface area contributed by atoms with Crippen molar-refractivity contribution in [3.63, 3.8) is 0 Å². The van der Waals surface area contributed by atoms with Gasteiger partial charge in [0.15, 0.2) is 0 Å². The van der Waals surface area contributed by atoms with Gasteiger partial charge in [0.05, 0.1) is 23.9 Å². The van der Waals surface area contributed by atoms with Crippen molar-refractivity contribution < 1.29 is 9.53 Å². The highest BCUT2D eigenvalue weighted by Crippen LogP contribution is 2.22. The summed E-state index contributed by atoms with van der Waals surface area (Å²) in [4.78, 5) is 26.0. The maximum atomic E-state index is 13.0. The number of amides is 1. The van der Waals surface area contributed by atoms with Gasteiger partial charge in [-0.05, 0) is 36.8 Å². The number of nitrogens with zero attached hydrogens (tertiary/aromatic N) is 3. The first-order valence-electron chi connectivity index (χ1n) is 9.70. The summed E-state index contributed by atoms with van der Waals surface area (Å²) in [6, 6.07) is 16.7. The van der Waals surface area contributed by atoms with Crippen molar-refractivity contribution in [3.8, 4) is 22.7 Å². The van der Waals surface area contributed by atoms with Crippen molar-refractivity contribution in [2.24, 2.45) is 0 Å². The second kappa shape index (κ2) is 8.24. The Balaban J connectivity index is 1.70. The summed E-state index contributed by atoms with van der Waals surface area (Å²) >= 11 is 0. The molecule has 0 spiro atoms. The van der Waals surface area contributed by atoms with E-state index in [9.17, 15) is 9.59 Å². The zero-order chi connectivity index (χ0) is 21.1. The first-order valence-corrected chi connectivity index (χ1v) is 9.70. The minimum Gasteiger partial charge on any atom is -0.497 e. The molecule has 0 radical (unpaired) electrons. The topological polar surface area (TPSA) is 78.2 Å². The Kier molecular flexibility index (Phi) is 5.34. The minimum atomic E-state index is -0.289. The Hall–Kier alpha value is -3.87. The molecule has 4 rings (SSSR count). The number of hydrogen-bond acceptors (Lipinski definition) is 4. The first-order chi connectivity index (χ1) is 14.6. The Bertz CT molecular complexity index is 1210. The Morgan fingerprint density at radius 3 is 2.63 bits per heavy atom. The molecule has 0 saturated carbocycles. The second-order valence-corrected chi connectivity index (χ2v) is 6.85. The number of nitrogens with one attached hydrogen (secondary N) is 1. The molecule has 0 saturated heterocycles. The highest BCUT2D eigenvalue weighted by Gasteiger charge is 2.24. The van der Waals surface area contributed by atoms with Gasteiger partial charge in [0.25, 0.3) is 11.5 Å². The average Bonchev–Trinajstić information content (AvgIpc) is 3.14. The number of aryl methyl sites for hydroxylation is 1. The molecule has 152 valence electrons. The van der Waals surface area contributed by atoms with Crippen molar-refractivity contribution in [1.29, 1.82) is 0 Å². The van der Waals surface area contributed by atoms with Gasteiger partial charge in [-0.25, -0.2) is 0 Å². The maximum Gasteiger partial charge on any atom is 0.282 e. The molecule has 2 aromatic carbocycles. The number of aromatic nitrogens is 3. The van der Waals surface area contributed by atoms with Gasteiger partial charge >= 0.3 is 0 Å². The SMILES string of the molecule is CCn1cc(C(=O)NCc2cccc(OC)c2)c2nn(-c3ccccc3)c(=O)c-2c1. The highest BCUT2D eigenvalue weighted by molar-refractivity contribution is 5.99. The van der Waals surface area contributed by atoms with Crippen LogP contribution < -0.4 is 15.6 Å². The molecule has 7 heteroatoms. The number of rotatable bonds is 6. The molecule has 0 atom stereocenters. The van der Waals surface area contributed by atoms with Crippen molar-refractivity contribution in [3.05, 3.63) is 88.5 Å². The summed E-state index contributed by atoms with van der Waals surface area (Å²) in [5.74, 6) is 0.439. The minimum absolute atomic E-state index is 0.249. The van der Waals surface area contributed by atoms with E-state index in [1.807, 2.05) is 66.1 Å². The summed E-state index contributed by atoms with van der Waals surface area (Å²) in [6.07, 6.45) is 3.47. The standard InChI is InChI=1S/C23H22N4O3/c1-3-26-14-19(22(28)24-13-16-8-7-11-18(12-16)30-2)21-20(15-26)23(29)27(25-21)17-9-5-4-6-10-17/h4-12,14-15H,3,13H2,1-2H3,(H,24,28). The summed E-state index contributed by atoms with van der Waals surface area (Å²) < 4.78 is 8.39. The summed E-state index contributed by atoms with van der Waals surface area (Å²) in [6.45, 7) is 2.92. The Morgan fingerprint density at radius 2 is 1.90 bits per heavy atom. The lowest BCUT2D eigenvalue weighted by atomic mass is 10.1. The smallest absolute Gasteiger partial charge is 0.282 e. The van der Waals surface area contributed by atoms with Crippen LogP contribution in [0.1, 0.15) is 22.8 Å². The second-order valence-electron chi connectivity index (χ2n) is 6.85. The molecular formula is C23H22N4O3. The van der Waals surface area contributed by atoms with E-state index in [2.05, 4.69) is 10.4 Å². The number of pyridine rings is 1. The largest absolute Gasteiger partial charge is 0.497 e. The number of carbonyl (C=O) groups is 1. The van der Waals surface area contributed by atoms with E-state index in [1.165, 1.54) is 4.68 Å². The van der Waals surface area contributed by atoms with E-state index in [4.69, 9.17) is 4.74 Å². The van der Waals surface area contributed by atoms with Crippen LogP contribution in [-0.2, 0) is 13.1 Å². The van der Waals surface area contributed by atoms with E-state index in [0.29, 0.717) is 35.6 Å². The van der Waals surface area contributed by atoms with Crippen molar-refractivity contribution >= 4 is 5.91 Å².